The number of carbonyl (C=O) groups is 1. The lowest BCUT2D eigenvalue weighted by atomic mass is 9.77. The largest absolute Gasteiger partial charge is 0.394 e. The third-order valence-electron chi connectivity index (χ3n) is 5.12. The molecule has 0 aromatic rings. The van der Waals surface area contributed by atoms with Crippen LogP contribution in [0.3, 0.4) is 0 Å². The van der Waals surface area contributed by atoms with Crippen LogP contribution < -0.4 is 10.6 Å². The Balaban J connectivity index is 1.74. The monoisotopic (exact) mass is 282 g/mol. The fraction of sp³-hybridized carbons (Fsp3) is 0.938. The predicted molar refractivity (Wildman–Crippen MR) is 80.4 cm³/mol. The standard InChI is InChI=1S/C16H30N2O2/c1-13-6-8-16(12-19,9-7-13)18-15(20)5-4-14-3-2-10-17-11-14/h13-14,17,19H,2-12H2,1H3,(H,18,20). The topological polar surface area (TPSA) is 61.4 Å². The van der Waals surface area contributed by atoms with Crippen LogP contribution in [0.25, 0.3) is 0 Å². The number of amides is 1. The molecule has 2 fully saturated rings. The van der Waals surface area contributed by atoms with Gasteiger partial charge in [0, 0.05) is 6.42 Å². The number of nitrogens with one attached hydrogen (secondary N) is 2. The number of aliphatic hydroxyl groups is 1. The average Bonchev–Trinajstić information content (AvgIpc) is 2.49. The van der Waals surface area contributed by atoms with Gasteiger partial charge in [-0.3, -0.25) is 4.79 Å². The predicted octanol–water partition coefficient (Wildman–Crippen LogP) is 1.82. The van der Waals surface area contributed by atoms with Crippen molar-refractivity contribution in [3.8, 4) is 0 Å². The normalized spacial score (nSPS) is 34.7. The van der Waals surface area contributed by atoms with E-state index in [9.17, 15) is 9.90 Å². The summed E-state index contributed by atoms with van der Waals surface area (Å²) in [6.07, 6.45) is 8.08. The van der Waals surface area contributed by atoms with Gasteiger partial charge in [0.25, 0.3) is 0 Å². The Bertz CT molecular complexity index is 306. The van der Waals surface area contributed by atoms with Crippen molar-refractivity contribution in [2.75, 3.05) is 19.7 Å². The van der Waals surface area contributed by atoms with Crippen LogP contribution in [0.5, 0.6) is 0 Å². The number of aliphatic hydroxyl groups excluding tert-OH is 1. The quantitative estimate of drug-likeness (QED) is 0.721. The van der Waals surface area contributed by atoms with Crippen LogP contribution in [-0.4, -0.2) is 36.2 Å². The number of piperidine rings is 1. The molecule has 1 atom stereocenters. The van der Waals surface area contributed by atoms with Crippen LogP contribution >= 0.6 is 0 Å². The van der Waals surface area contributed by atoms with Crippen molar-refractivity contribution >= 4 is 5.91 Å². The molecule has 4 heteroatoms. The molecular weight excluding hydrogens is 252 g/mol. The molecule has 2 rings (SSSR count). The summed E-state index contributed by atoms with van der Waals surface area (Å²) in [6.45, 7) is 4.50. The SMILES string of the molecule is CC1CCC(CO)(NC(=O)CCC2CCCNC2)CC1. The first kappa shape index (κ1) is 15.8. The summed E-state index contributed by atoms with van der Waals surface area (Å²) < 4.78 is 0. The molecule has 1 heterocycles. The molecule has 1 saturated heterocycles. The van der Waals surface area contributed by atoms with Gasteiger partial charge in [-0.15, -0.1) is 0 Å². The van der Waals surface area contributed by atoms with E-state index >= 15 is 0 Å². The minimum Gasteiger partial charge on any atom is -0.394 e. The Morgan fingerprint density at radius 1 is 1.35 bits per heavy atom. The maximum Gasteiger partial charge on any atom is 0.220 e. The zero-order valence-electron chi connectivity index (χ0n) is 12.8. The van der Waals surface area contributed by atoms with E-state index in [0.29, 0.717) is 12.3 Å². The number of hydrogen-bond donors (Lipinski definition) is 3. The molecule has 1 aliphatic heterocycles. The number of carbonyl (C=O) groups excluding carboxylic acids is 1. The molecule has 3 N–H and O–H groups in total. The highest BCUT2D eigenvalue weighted by Gasteiger charge is 2.34. The first-order valence-corrected chi connectivity index (χ1v) is 8.26. The van der Waals surface area contributed by atoms with E-state index in [2.05, 4.69) is 17.6 Å². The Morgan fingerprint density at radius 2 is 2.10 bits per heavy atom. The van der Waals surface area contributed by atoms with E-state index in [4.69, 9.17) is 0 Å². The van der Waals surface area contributed by atoms with Gasteiger partial charge in [0.2, 0.25) is 5.91 Å². The highest BCUT2D eigenvalue weighted by Crippen LogP contribution is 2.31. The summed E-state index contributed by atoms with van der Waals surface area (Å²) in [7, 11) is 0. The van der Waals surface area contributed by atoms with Gasteiger partial charge in [0.15, 0.2) is 0 Å². The molecule has 4 nitrogen and oxygen atoms in total. The third kappa shape index (κ3) is 4.45. The van der Waals surface area contributed by atoms with E-state index in [1.165, 1.54) is 12.8 Å². The average molecular weight is 282 g/mol. The summed E-state index contributed by atoms with van der Waals surface area (Å²) in [4.78, 5) is 12.2. The fourth-order valence-electron chi connectivity index (χ4n) is 3.50. The van der Waals surface area contributed by atoms with Crippen LogP contribution in [-0.2, 0) is 4.79 Å². The Hall–Kier alpha value is -0.610. The second kappa shape index (κ2) is 7.41. The molecule has 0 radical (unpaired) electrons. The molecule has 1 unspecified atom stereocenters. The zero-order chi connectivity index (χ0) is 14.4. The highest BCUT2D eigenvalue weighted by atomic mass is 16.3. The minimum atomic E-state index is -0.339. The summed E-state index contributed by atoms with van der Waals surface area (Å²) >= 11 is 0. The van der Waals surface area contributed by atoms with Crippen LogP contribution in [0.1, 0.15) is 58.3 Å². The van der Waals surface area contributed by atoms with Crippen molar-refractivity contribution in [1.82, 2.24) is 10.6 Å². The van der Waals surface area contributed by atoms with Gasteiger partial charge in [0.05, 0.1) is 12.1 Å². The molecule has 1 aliphatic carbocycles. The summed E-state index contributed by atoms with van der Waals surface area (Å²) in [6, 6.07) is 0. The molecule has 0 bridgehead atoms. The molecule has 0 aromatic carbocycles. The summed E-state index contributed by atoms with van der Waals surface area (Å²) in [5.74, 6) is 1.49. The second-order valence-electron chi connectivity index (χ2n) is 6.92. The van der Waals surface area contributed by atoms with Crippen molar-refractivity contribution < 1.29 is 9.90 Å². The lowest BCUT2D eigenvalue weighted by molar-refractivity contribution is -0.124. The molecule has 20 heavy (non-hydrogen) atoms. The van der Waals surface area contributed by atoms with Gasteiger partial charge in [-0.25, -0.2) is 0 Å². The van der Waals surface area contributed by atoms with Crippen LogP contribution in [0.4, 0.5) is 0 Å². The van der Waals surface area contributed by atoms with Crippen molar-refractivity contribution in [3.63, 3.8) is 0 Å². The van der Waals surface area contributed by atoms with E-state index in [1.807, 2.05) is 0 Å². The lowest BCUT2D eigenvalue weighted by Gasteiger charge is -2.39. The van der Waals surface area contributed by atoms with Crippen molar-refractivity contribution in [1.29, 1.82) is 0 Å². The van der Waals surface area contributed by atoms with Crippen LogP contribution in [0.15, 0.2) is 0 Å². The maximum absolute atomic E-state index is 12.2. The van der Waals surface area contributed by atoms with Crippen molar-refractivity contribution in [3.05, 3.63) is 0 Å². The Labute approximate surface area is 122 Å². The Morgan fingerprint density at radius 3 is 2.70 bits per heavy atom. The molecule has 0 aromatic heterocycles. The van der Waals surface area contributed by atoms with Crippen LogP contribution in [0, 0.1) is 11.8 Å². The summed E-state index contributed by atoms with van der Waals surface area (Å²) in [5, 5.41) is 16.2. The van der Waals surface area contributed by atoms with E-state index < -0.39 is 0 Å². The van der Waals surface area contributed by atoms with Crippen molar-refractivity contribution in [2.24, 2.45) is 11.8 Å². The van der Waals surface area contributed by atoms with Gasteiger partial charge in [-0.1, -0.05) is 6.92 Å². The maximum atomic E-state index is 12.2. The van der Waals surface area contributed by atoms with Gasteiger partial charge in [0.1, 0.15) is 0 Å². The number of hydrogen-bond acceptors (Lipinski definition) is 3. The molecule has 1 amide bonds. The second-order valence-corrected chi connectivity index (χ2v) is 6.92. The van der Waals surface area contributed by atoms with Gasteiger partial charge >= 0.3 is 0 Å². The molecule has 0 spiro atoms. The molecule has 116 valence electrons. The van der Waals surface area contributed by atoms with E-state index in [-0.39, 0.29) is 18.1 Å². The smallest absolute Gasteiger partial charge is 0.220 e. The first-order valence-electron chi connectivity index (χ1n) is 8.26. The first-order chi connectivity index (χ1) is 9.63. The number of rotatable bonds is 5. The Kier molecular flexibility index (Phi) is 5.85. The van der Waals surface area contributed by atoms with Gasteiger partial charge in [-0.05, 0) is 69.9 Å². The van der Waals surface area contributed by atoms with E-state index in [1.54, 1.807) is 0 Å². The van der Waals surface area contributed by atoms with Crippen LogP contribution in [0.2, 0.25) is 0 Å². The van der Waals surface area contributed by atoms with Gasteiger partial charge in [-0.2, -0.15) is 0 Å². The molecular formula is C16H30N2O2. The van der Waals surface area contributed by atoms with Gasteiger partial charge < -0.3 is 15.7 Å². The van der Waals surface area contributed by atoms with Crippen molar-refractivity contribution in [2.45, 2.75) is 63.8 Å². The lowest BCUT2D eigenvalue weighted by Crippen LogP contribution is -2.53. The summed E-state index contributed by atoms with van der Waals surface area (Å²) in [5.41, 5.74) is -0.339. The molecule has 1 saturated carbocycles. The highest BCUT2D eigenvalue weighted by molar-refractivity contribution is 5.76. The fourth-order valence-corrected chi connectivity index (χ4v) is 3.50. The molecule has 2 aliphatic rings. The third-order valence-corrected chi connectivity index (χ3v) is 5.12. The zero-order valence-corrected chi connectivity index (χ0v) is 12.8. The minimum absolute atomic E-state index is 0.0798. The van der Waals surface area contributed by atoms with E-state index in [0.717, 1.165) is 51.1 Å².